The quantitative estimate of drug-likeness (QED) is 0.707. The number of rotatable bonds is 6. The maximum absolute atomic E-state index is 13.0. The van der Waals surface area contributed by atoms with Gasteiger partial charge in [-0.05, 0) is 37.5 Å². The van der Waals surface area contributed by atoms with Crippen LogP contribution in [-0.2, 0) is 13.6 Å². The zero-order valence-electron chi connectivity index (χ0n) is 16.1. The summed E-state index contributed by atoms with van der Waals surface area (Å²) in [6, 6.07) is 4.72. The molecule has 3 N–H and O–H groups in total. The first-order chi connectivity index (χ1) is 13.8. The van der Waals surface area contributed by atoms with Crippen molar-refractivity contribution in [1.29, 1.82) is 0 Å². The monoisotopic (exact) mass is 442 g/mol. The summed E-state index contributed by atoms with van der Waals surface area (Å²) < 4.78 is 7.74. The van der Waals surface area contributed by atoms with Crippen molar-refractivity contribution in [3.8, 4) is 5.75 Å². The van der Waals surface area contributed by atoms with E-state index < -0.39 is 17.4 Å². The van der Waals surface area contributed by atoms with Crippen LogP contribution < -0.4 is 26.6 Å². The highest BCUT2D eigenvalue weighted by Crippen LogP contribution is 2.27. The van der Waals surface area contributed by atoms with Crippen molar-refractivity contribution in [3.63, 3.8) is 0 Å². The van der Waals surface area contributed by atoms with Gasteiger partial charge in [0.1, 0.15) is 30.0 Å². The van der Waals surface area contributed by atoms with Gasteiger partial charge in [0.2, 0.25) is 0 Å². The Morgan fingerprint density at radius 3 is 2.55 bits per heavy atom. The highest BCUT2D eigenvalue weighted by atomic mass is 35.5. The Hall–Kier alpha value is -2.16. The fourth-order valence-electron chi connectivity index (χ4n) is 3.38. The lowest BCUT2D eigenvalue weighted by molar-refractivity contribution is 0.0902. The minimum atomic E-state index is -1.11. The van der Waals surface area contributed by atoms with Crippen molar-refractivity contribution in [2.75, 3.05) is 30.3 Å². The van der Waals surface area contributed by atoms with Gasteiger partial charge in [0.05, 0.1) is 11.6 Å². The lowest BCUT2D eigenvalue weighted by atomic mass is 10.1. The largest absolute Gasteiger partial charge is 0.489 e. The van der Waals surface area contributed by atoms with Crippen molar-refractivity contribution in [3.05, 3.63) is 49.1 Å². The number of ether oxygens (including phenoxy) is 1. The zero-order chi connectivity index (χ0) is 21.1. The van der Waals surface area contributed by atoms with Gasteiger partial charge < -0.3 is 20.5 Å². The van der Waals surface area contributed by atoms with Crippen LogP contribution in [0, 0.1) is 0 Å². The van der Waals surface area contributed by atoms with E-state index in [1.165, 1.54) is 17.7 Å². The fraction of sp³-hybridized carbons (Fsp3) is 0.474. The number of nitrogens with two attached hydrogens (primary N) is 1. The normalized spacial score (nSPS) is 15.4. The second-order valence-corrected chi connectivity index (χ2v) is 7.92. The topological polar surface area (TPSA) is 103 Å². The molecule has 0 saturated carbocycles. The molecule has 1 fully saturated rings. The molecule has 158 valence electrons. The molecular weight excluding hydrogens is 419 g/mol. The fourth-order valence-corrected chi connectivity index (χ4v) is 3.85. The highest BCUT2D eigenvalue weighted by molar-refractivity contribution is 6.35. The molecule has 0 radical (unpaired) electrons. The van der Waals surface area contributed by atoms with E-state index in [1.54, 1.807) is 12.1 Å². The summed E-state index contributed by atoms with van der Waals surface area (Å²) in [5.41, 5.74) is 5.29. The minimum Gasteiger partial charge on any atom is -0.489 e. The number of nitrogen functional groups attached to an aromatic ring is 1. The lowest BCUT2D eigenvalue weighted by Crippen LogP contribution is -2.47. The number of aliphatic hydroxyl groups excluding tert-OH is 1. The van der Waals surface area contributed by atoms with Crippen LogP contribution >= 0.6 is 23.2 Å². The molecule has 1 aliphatic heterocycles. The molecule has 0 amide bonds. The summed E-state index contributed by atoms with van der Waals surface area (Å²) in [5, 5.41) is 11.1. The number of anilines is 2. The highest BCUT2D eigenvalue weighted by Gasteiger charge is 2.23. The number of aromatic nitrogens is 2. The Morgan fingerprint density at radius 1 is 1.21 bits per heavy atom. The van der Waals surface area contributed by atoms with E-state index in [2.05, 4.69) is 0 Å². The van der Waals surface area contributed by atoms with E-state index in [1.807, 2.05) is 4.90 Å². The van der Waals surface area contributed by atoms with Gasteiger partial charge in [-0.25, -0.2) is 4.79 Å². The van der Waals surface area contributed by atoms with E-state index in [0.29, 0.717) is 34.6 Å². The third kappa shape index (κ3) is 4.71. The summed E-state index contributed by atoms with van der Waals surface area (Å²) in [5.74, 6) is 0.485. The number of piperidine rings is 1. The standard InChI is InChI=1S/C19H24Cl2N4O4/c1-23-17(22)16(24-7-3-2-4-8-24)18(27)25(19(23)28)10-13(26)11-29-15-6-5-12(20)9-14(15)21/h5-6,9,13,26H,2-4,7-8,10-11,22H2,1H3/t13-/m1/s1. The lowest BCUT2D eigenvalue weighted by Gasteiger charge is -2.30. The second kappa shape index (κ2) is 9.11. The van der Waals surface area contributed by atoms with Gasteiger partial charge in [-0.1, -0.05) is 23.2 Å². The summed E-state index contributed by atoms with van der Waals surface area (Å²) in [7, 11) is 1.51. The predicted molar refractivity (Wildman–Crippen MR) is 114 cm³/mol. The van der Waals surface area contributed by atoms with Gasteiger partial charge in [0.25, 0.3) is 5.56 Å². The molecular formula is C19H24Cl2N4O4. The van der Waals surface area contributed by atoms with Gasteiger partial charge >= 0.3 is 5.69 Å². The van der Waals surface area contributed by atoms with E-state index in [0.717, 1.165) is 23.8 Å². The van der Waals surface area contributed by atoms with Crippen LogP contribution in [0.15, 0.2) is 27.8 Å². The molecule has 1 aromatic carbocycles. The van der Waals surface area contributed by atoms with Crippen LogP contribution in [0.1, 0.15) is 19.3 Å². The maximum Gasteiger partial charge on any atom is 0.332 e. The molecule has 1 aromatic heterocycles. The van der Waals surface area contributed by atoms with Gasteiger partial charge in [0, 0.05) is 25.2 Å². The molecule has 0 bridgehead atoms. The Kier molecular flexibility index (Phi) is 6.77. The Labute approximate surface area is 178 Å². The number of halogens is 2. The number of nitrogens with zero attached hydrogens (tertiary/aromatic N) is 3. The molecule has 29 heavy (non-hydrogen) atoms. The maximum atomic E-state index is 13.0. The van der Waals surface area contributed by atoms with Crippen molar-refractivity contribution < 1.29 is 9.84 Å². The molecule has 2 aromatic rings. The third-order valence-corrected chi connectivity index (χ3v) is 5.49. The third-order valence-electron chi connectivity index (χ3n) is 4.96. The molecule has 1 aliphatic rings. The Balaban J connectivity index is 1.81. The first-order valence-corrected chi connectivity index (χ1v) is 10.2. The van der Waals surface area contributed by atoms with Crippen LogP contribution in [0.25, 0.3) is 0 Å². The molecule has 0 spiro atoms. The average molecular weight is 443 g/mol. The SMILES string of the molecule is Cn1c(N)c(N2CCCCC2)c(=O)n(C[C@@H](O)COc2ccc(Cl)cc2Cl)c1=O. The minimum absolute atomic E-state index is 0.136. The summed E-state index contributed by atoms with van der Waals surface area (Å²) >= 11 is 11.9. The summed E-state index contributed by atoms with van der Waals surface area (Å²) in [6.45, 7) is 1.04. The van der Waals surface area contributed by atoms with Crippen molar-refractivity contribution >= 4 is 34.7 Å². The van der Waals surface area contributed by atoms with Crippen molar-refractivity contribution in [2.24, 2.45) is 7.05 Å². The molecule has 1 atom stereocenters. The van der Waals surface area contributed by atoms with Crippen LogP contribution in [0.3, 0.4) is 0 Å². The van der Waals surface area contributed by atoms with Crippen LogP contribution in [0.2, 0.25) is 10.0 Å². The second-order valence-electron chi connectivity index (χ2n) is 7.08. The summed E-state index contributed by atoms with van der Waals surface area (Å²) in [4.78, 5) is 27.5. The number of hydrogen-bond acceptors (Lipinski definition) is 6. The van der Waals surface area contributed by atoms with Gasteiger partial charge in [0.15, 0.2) is 0 Å². The average Bonchev–Trinajstić information content (AvgIpc) is 2.70. The molecule has 0 aliphatic carbocycles. The van der Waals surface area contributed by atoms with E-state index in [4.69, 9.17) is 33.7 Å². The van der Waals surface area contributed by atoms with Gasteiger partial charge in [-0.2, -0.15) is 0 Å². The van der Waals surface area contributed by atoms with Crippen LogP contribution in [0.4, 0.5) is 11.5 Å². The Morgan fingerprint density at radius 2 is 1.90 bits per heavy atom. The molecule has 2 heterocycles. The van der Waals surface area contributed by atoms with E-state index in [-0.39, 0.29) is 19.0 Å². The first kappa shape index (κ1) is 21.5. The zero-order valence-corrected chi connectivity index (χ0v) is 17.6. The van der Waals surface area contributed by atoms with Crippen molar-refractivity contribution in [2.45, 2.75) is 31.9 Å². The van der Waals surface area contributed by atoms with Gasteiger partial charge in [-0.3, -0.25) is 13.9 Å². The smallest absolute Gasteiger partial charge is 0.332 e. The van der Waals surface area contributed by atoms with Crippen LogP contribution in [-0.4, -0.2) is 40.0 Å². The van der Waals surface area contributed by atoms with Crippen LogP contribution in [0.5, 0.6) is 5.75 Å². The predicted octanol–water partition coefficient (Wildman–Crippen LogP) is 1.87. The first-order valence-electron chi connectivity index (χ1n) is 9.39. The number of benzene rings is 1. The molecule has 1 saturated heterocycles. The van der Waals surface area contributed by atoms with Gasteiger partial charge in [-0.15, -0.1) is 0 Å². The molecule has 8 nitrogen and oxygen atoms in total. The molecule has 3 rings (SSSR count). The van der Waals surface area contributed by atoms with E-state index >= 15 is 0 Å². The Bertz CT molecular complexity index is 999. The molecule has 10 heteroatoms. The number of aliphatic hydroxyl groups is 1. The van der Waals surface area contributed by atoms with E-state index in [9.17, 15) is 14.7 Å². The molecule has 0 unspecified atom stereocenters. The summed E-state index contributed by atoms with van der Waals surface area (Å²) in [6.07, 6.45) is 1.91. The van der Waals surface area contributed by atoms with Crippen molar-refractivity contribution in [1.82, 2.24) is 9.13 Å². The number of hydrogen-bond donors (Lipinski definition) is 2.